The van der Waals surface area contributed by atoms with E-state index < -0.39 is 47.1 Å². The van der Waals surface area contributed by atoms with Gasteiger partial charge in [-0.3, -0.25) is 14.4 Å². The maximum absolute atomic E-state index is 16.0. The van der Waals surface area contributed by atoms with E-state index >= 15 is 4.39 Å². The summed E-state index contributed by atoms with van der Waals surface area (Å²) in [6.07, 6.45) is 2.91. The van der Waals surface area contributed by atoms with Crippen molar-refractivity contribution in [1.82, 2.24) is 41.5 Å². The quantitative estimate of drug-likeness (QED) is 0.0939. The average molecular weight is 898 g/mol. The number of hydrogen-bond acceptors (Lipinski definition) is 11. The molecule has 1 aliphatic heterocycles. The number of methoxy groups -OCH3 is 1. The van der Waals surface area contributed by atoms with Gasteiger partial charge in [0.1, 0.15) is 17.2 Å². The van der Waals surface area contributed by atoms with Crippen molar-refractivity contribution in [2.45, 2.75) is 110 Å². The second-order valence-electron chi connectivity index (χ2n) is 18.6. The first kappa shape index (κ1) is 47.9. The third kappa shape index (κ3) is 13.5. The number of aromatic nitrogens is 4. The van der Waals surface area contributed by atoms with Gasteiger partial charge >= 0.3 is 12.2 Å². The molecule has 0 spiro atoms. The Morgan fingerprint density at radius 1 is 0.831 bits per heavy atom. The molecule has 5 amide bonds. The van der Waals surface area contributed by atoms with Crippen molar-refractivity contribution in [2.24, 2.45) is 11.8 Å². The van der Waals surface area contributed by atoms with Gasteiger partial charge in [0.05, 0.1) is 12.7 Å². The van der Waals surface area contributed by atoms with Gasteiger partial charge in [0.2, 0.25) is 17.6 Å². The van der Waals surface area contributed by atoms with Crippen LogP contribution in [0.1, 0.15) is 96.0 Å². The van der Waals surface area contributed by atoms with E-state index in [1.54, 1.807) is 101 Å². The van der Waals surface area contributed by atoms with Crippen LogP contribution in [0, 0.1) is 17.7 Å². The van der Waals surface area contributed by atoms with Crippen molar-refractivity contribution in [3.63, 3.8) is 0 Å². The predicted molar refractivity (Wildman–Crippen MR) is 240 cm³/mol. The molecular formula is C47H60FN9O8. The molecule has 2 aliphatic rings. The molecule has 0 bridgehead atoms. The van der Waals surface area contributed by atoms with Crippen LogP contribution in [0.4, 0.5) is 19.7 Å². The van der Waals surface area contributed by atoms with E-state index in [-0.39, 0.29) is 41.5 Å². The average Bonchev–Trinajstić information content (AvgIpc) is 3.80. The Kier molecular flexibility index (Phi) is 15.4. The molecule has 65 heavy (non-hydrogen) atoms. The van der Waals surface area contributed by atoms with Crippen LogP contribution in [0.2, 0.25) is 0 Å². The van der Waals surface area contributed by atoms with Crippen LogP contribution >= 0.6 is 0 Å². The minimum Gasteiger partial charge on any atom is -0.493 e. The summed E-state index contributed by atoms with van der Waals surface area (Å²) in [5, 5.41) is 25.6. The molecule has 1 saturated carbocycles. The molecule has 0 unspecified atom stereocenters. The zero-order chi connectivity index (χ0) is 46.9. The van der Waals surface area contributed by atoms with Crippen molar-refractivity contribution < 1.29 is 42.6 Å². The number of likely N-dealkylation sites (tertiary alicyclic amines) is 1. The van der Waals surface area contributed by atoms with Crippen LogP contribution < -0.4 is 26.0 Å². The zero-order valence-corrected chi connectivity index (χ0v) is 38.1. The fourth-order valence-corrected chi connectivity index (χ4v) is 7.90. The van der Waals surface area contributed by atoms with Crippen LogP contribution in [-0.2, 0) is 25.5 Å². The summed E-state index contributed by atoms with van der Waals surface area (Å²) in [7, 11) is 1.34. The minimum absolute atomic E-state index is 0.102. The largest absolute Gasteiger partial charge is 0.493 e. The number of ether oxygens (including phenoxy) is 3. The number of amides is 5. The highest BCUT2D eigenvalue weighted by atomic mass is 19.1. The summed E-state index contributed by atoms with van der Waals surface area (Å²) in [6, 6.07) is 15.9. The number of carbonyl (C=O) groups is 5. The van der Waals surface area contributed by atoms with Gasteiger partial charge in [0.15, 0.2) is 11.6 Å². The molecule has 1 aromatic heterocycles. The molecule has 18 heteroatoms. The Hall–Kier alpha value is -6.59. The molecule has 5 N–H and O–H groups in total. The molecule has 2 fully saturated rings. The van der Waals surface area contributed by atoms with Crippen molar-refractivity contribution in [2.75, 3.05) is 32.1 Å². The number of piperidine rings is 1. The predicted octanol–water partition coefficient (Wildman–Crippen LogP) is 6.81. The number of benzene rings is 3. The summed E-state index contributed by atoms with van der Waals surface area (Å²) in [5.41, 5.74) is 1.57. The lowest BCUT2D eigenvalue weighted by atomic mass is 9.81. The summed E-state index contributed by atoms with van der Waals surface area (Å²) in [6.45, 7) is 12.1. The molecule has 1 saturated heterocycles. The number of H-pyrrole nitrogens is 1. The molecule has 0 radical (unpaired) electrons. The fraction of sp³-hybridized carbons (Fsp3) is 0.489. The molecule has 4 aromatic rings. The highest BCUT2D eigenvalue weighted by molar-refractivity contribution is 5.98. The van der Waals surface area contributed by atoms with E-state index in [0.717, 1.165) is 18.4 Å². The summed E-state index contributed by atoms with van der Waals surface area (Å²) >= 11 is 0. The van der Waals surface area contributed by atoms with Crippen molar-refractivity contribution in [3.8, 4) is 28.3 Å². The molecular weight excluding hydrogens is 838 g/mol. The molecule has 1 aliphatic carbocycles. The summed E-state index contributed by atoms with van der Waals surface area (Å²) < 4.78 is 32.3. The van der Waals surface area contributed by atoms with Crippen molar-refractivity contribution in [3.05, 3.63) is 77.6 Å². The molecule has 6 rings (SSSR count). The molecule has 2 heterocycles. The first-order valence-electron chi connectivity index (χ1n) is 22.0. The Labute approximate surface area is 378 Å². The summed E-state index contributed by atoms with van der Waals surface area (Å²) in [4.78, 5) is 67.3. The number of anilines is 1. The van der Waals surface area contributed by atoms with Gasteiger partial charge in [-0.1, -0.05) is 24.3 Å². The molecule has 1 atom stereocenters. The SMILES string of the molecule is COc1c(-c2ccc(C[C@H](NC(=O)C3CCC(CNC(=O)OC(C)(C)C)CC3)C(=O)Nc3ccc(-c4nn[nH]n4)cc3)cc2)ccc(C(=O)NC2CCN(C(=O)OC(C)(C)C)CC2)c1F. The number of nitrogens with one attached hydrogen (secondary N) is 5. The highest BCUT2D eigenvalue weighted by Crippen LogP contribution is 2.35. The van der Waals surface area contributed by atoms with Crippen molar-refractivity contribution in [1.29, 1.82) is 0 Å². The van der Waals surface area contributed by atoms with Gasteiger partial charge in [0.25, 0.3) is 5.91 Å². The van der Waals surface area contributed by atoms with Gasteiger partial charge < -0.3 is 40.4 Å². The van der Waals surface area contributed by atoms with Crippen molar-refractivity contribution >= 4 is 35.6 Å². The smallest absolute Gasteiger partial charge is 0.410 e. The number of nitrogens with zero attached hydrogens (tertiary/aromatic N) is 4. The zero-order valence-electron chi connectivity index (χ0n) is 38.1. The number of hydrogen-bond donors (Lipinski definition) is 5. The molecule has 17 nitrogen and oxygen atoms in total. The van der Waals surface area contributed by atoms with Gasteiger partial charge in [-0.2, -0.15) is 5.21 Å². The Morgan fingerprint density at radius 3 is 2.08 bits per heavy atom. The van der Waals surface area contributed by atoms with E-state index in [0.29, 0.717) is 73.5 Å². The summed E-state index contributed by atoms with van der Waals surface area (Å²) in [5.74, 6) is -1.87. The van der Waals surface area contributed by atoms with E-state index in [4.69, 9.17) is 14.2 Å². The number of carbonyl (C=O) groups excluding carboxylic acids is 5. The van der Waals surface area contributed by atoms with Gasteiger partial charge in [-0.05, 0) is 139 Å². The van der Waals surface area contributed by atoms with Crippen LogP contribution in [0.5, 0.6) is 5.75 Å². The third-order valence-electron chi connectivity index (χ3n) is 11.3. The van der Waals surface area contributed by atoms with Crippen LogP contribution in [0.25, 0.3) is 22.5 Å². The van der Waals surface area contributed by atoms with Crippen LogP contribution in [0.3, 0.4) is 0 Å². The van der Waals surface area contributed by atoms with Gasteiger partial charge in [-0.25, -0.2) is 14.0 Å². The van der Waals surface area contributed by atoms with Gasteiger partial charge in [0, 0.05) is 54.8 Å². The second kappa shape index (κ2) is 20.9. The van der Waals surface area contributed by atoms with E-state index in [2.05, 4.69) is 41.9 Å². The lowest BCUT2D eigenvalue weighted by Crippen LogP contribution is -2.48. The Bertz CT molecular complexity index is 2280. The monoisotopic (exact) mass is 897 g/mol. The van der Waals surface area contributed by atoms with Gasteiger partial charge in [-0.15, -0.1) is 10.2 Å². The highest BCUT2D eigenvalue weighted by Gasteiger charge is 2.32. The Balaban J connectivity index is 1.11. The topological polar surface area (TPSA) is 219 Å². The normalized spacial score (nSPS) is 17.3. The number of alkyl carbamates (subject to hydrolysis) is 1. The minimum atomic E-state index is -0.953. The van der Waals surface area contributed by atoms with Crippen LogP contribution in [-0.4, -0.2) is 105 Å². The van der Waals surface area contributed by atoms with Crippen LogP contribution in [0.15, 0.2) is 60.7 Å². The molecule has 3 aromatic carbocycles. The van der Waals surface area contributed by atoms with E-state index in [1.165, 1.54) is 13.2 Å². The Morgan fingerprint density at radius 2 is 1.48 bits per heavy atom. The number of rotatable bonds is 13. The maximum atomic E-state index is 16.0. The first-order valence-corrected chi connectivity index (χ1v) is 22.0. The first-order chi connectivity index (χ1) is 30.9. The van der Waals surface area contributed by atoms with E-state index in [9.17, 15) is 24.0 Å². The van der Waals surface area contributed by atoms with E-state index in [1.807, 2.05) is 0 Å². The maximum Gasteiger partial charge on any atom is 0.410 e. The second-order valence-corrected chi connectivity index (χ2v) is 18.6. The molecule has 348 valence electrons. The number of aromatic amines is 1. The fourth-order valence-electron chi connectivity index (χ4n) is 7.90. The lowest BCUT2D eigenvalue weighted by Gasteiger charge is -2.33. The standard InChI is InChI=1S/C47H60FN9O8/c1-46(2,3)64-44(61)49-27-29-10-14-32(15-11-29)41(58)52-37(43(60)51-33-18-16-31(17-19-33)40-53-55-56-54-40)26-28-8-12-30(13-9-28)35-20-21-36(38(48)39(35)63-7)42(59)50-34-22-24-57(25-23-34)45(62)65-47(4,5)6/h8-9,12-13,16-21,29,32,34,37H,10-11,14-15,22-27H2,1-7H3,(H,49,61)(H,50,59)(H,51,60)(H,52,58)(H,53,54,55,56)/t29?,32?,37-/m0/s1. The third-order valence-corrected chi connectivity index (χ3v) is 11.3. The number of halogens is 1. The number of tetrazole rings is 1. The lowest BCUT2D eigenvalue weighted by molar-refractivity contribution is -0.130.